The van der Waals surface area contributed by atoms with Crippen LogP contribution in [0.25, 0.3) is 11.3 Å². The van der Waals surface area contributed by atoms with Gasteiger partial charge in [0.2, 0.25) is 0 Å². The fourth-order valence-electron chi connectivity index (χ4n) is 4.61. The summed E-state index contributed by atoms with van der Waals surface area (Å²) in [5.41, 5.74) is 3.92. The average Bonchev–Trinajstić information content (AvgIpc) is 2.83. The van der Waals surface area contributed by atoms with Crippen LogP contribution in [0.15, 0.2) is 48.8 Å². The van der Waals surface area contributed by atoms with Crippen molar-refractivity contribution in [3.05, 3.63) is 77.5 Å². The number of aromatic nitrogens is 2. The molecule has 1 aromatic carbocycles. The van der Waals surface area contributed by atoms with Gasteiger partial charge >= 0.3 is 0 Å². The molecule has 10 heteroatoms. The third-order valence-corrected chi connectivity index (χ3v) is 6.71. The number of halogens is 4. The van der Waals surface area contributed by atoms with Gasteiger partial charge in [-0.2, -0.15) is 0 Å². The number of hydrogen-bond donors (Lipinski definition) is 3. The van der Waals surface area contributed by atoms with E-state index < -0.39 is 58.9 Å². The highest BCUT2D eigenvalue weighted by molar-refractivity contribution is 6.03. The lowest BCUT2D eigenvalue weighted by molar-refractivity contribution is -0.0779. The minimum absolute atomic E-state index is 0.200. The Bertz CT molecular complexity index is 1220. The first-order valence-corrected chi connectivity index (χ1v) is 11.1. The van der Waals surface area contributed by atoms with Crippen molar-refractivity contribution in [2.45, 2.75) is 37.3 Å². The van der Waals surface area contributed by atoms with Gasteiger partial charge in [-0.1, -0.05) is 13.0 Å². The number of nitrogens with two attached hydrogens (primary N) is 1. The molecule has 2 heterocycles. The van der Waals surface area contributed by atoms with Gasteiger partial charge in [0, 0.05) is 12.2 Å². The third-order valence-electron chi connectivity index (χ3n) is 6.71. The van der Waals surface area contributed by atoms with Crippen molar-refractivity contribution in [2.75, 3.05) is 12.0 Å². The number of benzene rings is 1. The molecule has 1 amide bonds. The van der Waals surface area contributed by atoms with Gasteiger partial charge in [-0.05, 0) is 60.6 Å². The van der Waals surface area contributed by atoms with Gasteiger partial charge in [0.05, 0.1) is 17.4 Å². The summed E-state index contributed by atoms with van der Waals surface area (Å²) in [5.74, 6) is -4.40. The minimum Gasteiger partial charge on any atom is -0.385 e. The van der Waals surface area contributed by atoms with Crippen LogP contribution in [0.4, 0.5) is 23.2 Å². The lowest BCUT2D eigenvalue weighted by atomic mass is 9.67. The minimum atomic E-state index is -1.62. The number of amides is 1. The van der Waals surface area contributed by atoms with E-state index in [4.69, 9.17) is 5.73 Å². The molecule has 4 atom stereocenters. The maximum Gasteiger partial charge on any atom is 0.274 e. The summed E-state index contributed by atoms with van der Waals surface area (Å²) in [6.07, 6.45) is 3.66. The molecule has 0 aliphatic heterocycles. The largest absolute Gasteiger partial charge is 0.385 e. The second-order valence-electron chi connectivity index (χ2n) is 8.84. The van der Waals surface area contributed by atoms with Gasteiger partial charge in [-0.3, -0.25) is 9.78 Å². The van der Waals surface area contributed by atoms with Crippen molar-refractivity contribution in [1.29, 1.82) is 0 Å². The molecule has 0 spiro atoms. The van der Waals surface area contributed by atoms with Crippen molar-refractivity contribution in [3.63, 3.8) is 0 Å². The Balaban J connectivity index is 1.62. The molecular formula is C25H24F4N4O2. The normalized spacial score (nSPS) is 24.3. The van der Waals surface area contributed by atoms with Gasteiger partial charge in [0.1, 0.15) is 41.1 Å². The van der Waals surface area contributed by atoms with E-state index in [1.54, 1.807) is 13.0 Å². The zero-order valence-electron chi connectivity index (χ0n) is 18.8. The average molecular weight is 488 g/mol. The van der Waals surface area contributed by atoms with Gasteiger partial charge in [0.15, 0.2) is 0 Å². The topological polar surface area (TPSA) is 101 Å². The Kier molecular flexibility index (Phi) is 6.86. The second-order valence-corrected chi connectivity index (χ2v) is 8.84. The Hall–Kier alpha value is -3.37. The van der Waals surface area contributed by atoms with Gasteiger partial charge in [-0.25, -0.2) is 22.5 Å². The second kappa shape index (κ2) is 9.71. The molecule has 2 aromatic heterocycles. The zero-order valence-corrected chi connectivity index (χ0v) is 18.8. The molecule has 0 bridgehead atoms. The van der Waals surface area contributed by atoms with Crippen LogP contribution in [0.3, 0.4) is 0 Å². The van der Waals surface area contributed by atoms with Crippen LogP contribution in [0.2, 0.25) is 0 Å². The SMILES string of the molecule is C[C@H]1C[C@@H](c2ccncc2NC(=O)c2ccc(F)c(-c3c(F)cccc3F)n2)C[C@@H](N)[C@@]1(O)CF. The number of anilines is 1. The lowest BCUT2D eigenvalue weighted by Crippen LogP contribution is -2.58. The highest BCUT2D eigenvalue weighted by atomic mass is 19.1. The van der Waals surface area contributed by atoms with E-state index >= 15 is 0 Å². The van der Waals surface area contributed by atoms with Crippen LogP contribution in [0.5, 0.6) is 0 Å². The predicted octanol–water partition coefficient (Wildman–Crippen LogP) is 4.35. The first-order chi connectivity index (χ1) is 16.7. The molecule has 1 aliphatic rings. The van der Waals surface area contributed by atoms with E-state index in [-0.39, 0.29) is 18.0 Å². The molecular weight excluding hydrogens is 464 g/mol. The summed E-state index contributed by atoms with van der Waals surface area (Å²) in [7, 11) is 0. The lowest BCUT2D eigenvalue weighted by Gasteiger charge is -2.44. The Labute approximate surface area is 199 Å². The fraction of sp³-hybridized carbons (Fsp3) is 0.320. The molecule has 1 aliphatic carbocycles. The maximum absolute atomic E-state index is 14.4. The van der Waals surface area contributed by atoms with E-state index in [2.05, 4.69) is 15.3 Å². The molecule has 0 unspecified atom stereocenters. The number of rotatable bonds is 5. The summed E-state index contributed by atoms with van der Waals surface area (Å²) in [6, 6.07) is 5.96. The molecule has 184 valence electrons. The van der Waals surface area contributed by atoms with E-state index in [1.807, 2.05) is 0 Å². The summed E-state index contributed by atoms with van der Waals surface area (Å²) in [6.45, 7) is 0.764. The van der Waals surface area contributed by atoms with Crippen LogP contribution in [0, 0.1) is 23.4 Å². The standard InChI is InChI=1S/C25H24F4N4O2/c1-13-9-14(10-21(30)25(13,35)12-26)15-7-8-31-11-20(15)33-24(34)19-6-5-18(29)23(32-19)22-16(27)3-2-4-17(22)28/h2-8,11,13-14,21,35H,9-10,12,30H2,1H3,(H,33,34)/t13-,14+,21+,25+/m0/s1. The summed E-state index contributed by atoms with van der Waals surface area (Å²) >= 11 is 0. The molecule has 6 nitrogen and oxygen atoms in total. The van der Waals surface area contributed by atoms with Crippen molar-refractivity contribution < 1.29 is 27.5 Å². The number of hydrogen-bond acceptors (Lipinski definition) is 5. The smallest absolute Gasteiger partial charge is 0.274 e. The molecule has 1 fully saturated rings. The van der Waals surface area contributed by atoms with Crippen molar-refractivity contribution in [2.24, 2.45) is 11.7 Å². The number of nitrogens with zero attached hydrogens (tertiary/aromatic N) is 2. The van der Waals surface area contributed by atoms with Crippen molar-refractivity contribution in [3.8, 4) is 11.3 Å². The van der Waals surface area contributed by atoms with Crippen LogP contribution in [0.1, 0.15) is 41.7 Å². The van der Waals surface area contributed by atoms with Crippen molar-refractivity contribution >= 4 is 11.6 Å². The number of carbonyl (C=O) groups excluding carboxylic acids is 1. The summed E-state index contributed by atoms with van der Waals surface area (Å²) in [5, 5.41) is 13.2. The van der Waals surface area contributed by atoms with E-state index in [0.717, 1.165) is 30.3 Å². The Morgan fingerprint density at radius 3 is 2.51 bits per heavy atom. The molecule has 0 saturated heterocycles. The van der Waals surface area contributed by atoms with Crippen LogP contribution < -0.4 is 11.1 Å². The molecule has 35 heavy (non-hydrogen) atoms. The van der Waals surface area contributed by atoms with Gasteiger partial charge in [0.25, 0.3) is 5.91 Å². The highest BCUT2D eigenvalue weighted by Crippen LogP contribution is 2.43. The molecule has 1 saturated carbocycles. The van der Waals surface area contributed by atoms with E-state index in [0.29, 0.717) is 17.7 Å². The first-order valence-electron chi connectivity index (χ1n) is 11.1. The third kappa shape index (κ3) is 4.63. The maximum atomic E-state index is 14.4. The van der Waals surface area contributed by atoms with Crippen molar-refractivity contribution in [1.82, 2.24) is 9.97 Å². The number of carbonyl (C=O) groups is 1. The zero-order chi connectivity index (χ0) is 25.3. The van der Waals surface area contributed by atoms with Gasteiger partial charge < -0.3 is 16.2 Å². The molecule has 3 aromatic rings. The predicted molar refractivity (Wildman–Crippen MR) is 122 cm³/mol. The monoisotopic (exact) mass is 488 g/mol. The Morgan fingerprint density at radius 1 is 1.14 bits per heavy atom. The highest BCUT2D eigenvalue weighted by Gasteiger charge is 2.46. The van der Waals surface area contributed by atoms with Crippen LogP contribution >= 0.6 is 0 Å². The summed E-state index contributed by atoms with van der Waals surface area (Å²) < 4.78 is 56.3. The number of nitrogens with one attached hydrogen (secondary N) is 1. The van der Waals surface area contributed by atoms with Crippen LogP contribution in [-0.2, 0) is 0 Å². The summed E-state index contributed by atoms with van der Waals surface area (Å²) in [4.78, 5) is 20.9. The van der Waals surface area contributed by atoms with E-state index in [9.17, 15) is 27.5 Å². The number of pyridine rings is 2. The molecule has 0 radical (unpaired) electrons. The first kappa shape index (κ1) is 24.7. The Morgan fingerprint density at radius 2 is 1.86 bits per heavy atom. The van der Waals surface area contributed by atoms with E-state index in [1.165, 1.54) is 12.4 Å². The molecule has 4 rings (SSSR count). The quantitative estimate of drug-likeness (QED) is 0.464. The van der Waals surface area contributed by atoms with Crippen LogP contribution in [-0.4, -0.2) is 39.3 Å². The molecule has 4 N–H and O–H groups in total. The fourth-order valence-corrected chi connectivity index (χ4v) is 4.61. The number of alkyl halides is 1. The van der Waals surface area contributed by atoms with Gasteiger partial charge in [-0.15, -0.1) is 0 Å². The number of aliphatic hydroxyl groups is 1.